The van der Waals surface area contributed by atoms with Crippen LogP contribution in [-0.2, 0) is 6.54 Å². The minimum absolute atomic E-state index is 0.0527. The summed E-state index contributed by atoms with van der Waals surface area (Å²) in [5.74, 6) is 0.0309. The third kappa shape index (κ3) is 3.96. The Labute approximate surface area is 179 Å². The van der Waals surface area contributed by atoms with E-state index in [4.69, 9.17) is 4.52 Å². The van der Waals surface area contributed by atoms with Crippen LogP contribution in [0.5, 0.6) is 0 Å². The van der Waals surface area contributed by atoms with Crippen molar-refractivity contribution in [2.75, 3.05) is 0 Å². The van der Waals surface area contributed by atoms with Crippen LogP contribution in [0.15, 0.2) is 53.1 Å². The monoisotopic (exact) mass is 418 g/mol. The van der Waals surface area contributed by atoms with Gasteiger partial charge in [-0.2, -0.15) is 4.98 Å². The molecule has 1 unspecified atom stereocenters. The number of nitrogens with one attached hydrogen (secondary N) is 1. The minimum atomic E-state index is -0.410. The number of aryl methyl sites for hydroxylation is 1. The van der Waals surface area contributed by atoms with Gasteiger partial charge in [-0.25, -0.2) is 0 Å². The number of carbonyl (C=O) groups excluding carboxylic acids is 3. The zero-order valence-electron chi connectivity index (χ0n) is 17.5. The number of amides is 3. The molecule has 0 spiro atoms. The number of hydrogen-bond acceptors (Lipinski definition) is 6. The normalized spacial score (nSPS) is 14.1. The lowest BCUT2D eigenvalue weighted by molar-refractivity contribution is 0.0641. The van der Waals surface area contributed by atoms with E-state index >= 15 is 0 Å². The number of fused-ring (bicyclic) bond motifs is 1. The molecule has 2 aromatic carbocycles. The Hall–Kier alpha value is -3.81. The van der Waals surface area contributed by atoms with Gasteiger partial charge in [0.1, 0.15) is 6.04 Å². The van der Waals surface area contributed by atoms with Crippen LogP contribution in [0.1, 0.15) is 68.2 Å². The third-order valence-electron chi connectivity index (χ3n) is 5.20. The van der Waals surface area contributed by atoms with Gasteiger partial charge in [0.15, 0.2) is 5.82 Å². The Balaban J connectivity index is 1.45. The van der Waals surface area contributed by atoms with E-state index in [2.05, 4.69) is 15.5 Å². The molecule has 3 aromatic rings. The van der Waals surface area contributed by atoms with E-state index in [9.17, 15) is 14.4 Å². The van der Waals surface area contributed by atoms with Gasteiger partial charge in [-0.1, -0.05) is 43.3 Å². The van der Waals surface area contributed by atoms with Crippen LogP contribution in [0.3, 0.4) is 0 Å². The van der Waals surface area contributed by atoms with E-state index in [1.165, 1.54) is 4.90 Å². The van der Waals surface area contributed by atoms with Gasteiger partial charge in [-0.15, -0.1) is 0 Å². The van der Waals surface area contributed by atoms with Gasteiger partial charge in [-0.05, 0) is 42.7 Å². The fourth-order valence-electron chi connectivity index (χ4n) is 3.50. The van der Waals surface area contributed by atoms with Gasteiger partial charge >= 0.3 is 0 Å². The highest BCUT2D eigenvalue weighted by molar-refractivity contribution is 6.21. The van der Waals surface area contributed by atoms with E-state index < -0.39 is 6.04 Å². The Morgan fingerprint density at radius 1 is 1.03 bits per heavy atom. The van der Waals surface area contributed by atoms with Gasteiger partial charge in [0, 0.05) is 5.56 Å². The predicted molar refractivity (Wildman–Crippen MR) is 111 cm³/mol. The summed E-state index contributed by atoms with van der Waals surface area (Å²) in [4.78, 5) is 43.2. The molecule has 0 saturated carbocycles. The van der Waals surface area contributed by atoms with Crippen molar-refractivity contribution in [1.29, 1.82) is 0 Å². The quantitative estimate of drug-likeness (QED) is 0.616. The molecule has 8 heteroatoms. The summed E-state index contributed by atoms with van der Waals surface area (Å²) in [6.07, 6.45) is 0. The van der Waals surface area contributed by atoms with E-state index in [0.717, 1.165) is 5.56 Å². The fourth-order valence-corrected chi connectivity index (χ4v) is 3.50. The first-order valence-corrected chi connectivity index (χ1v) is 10.0. The number of nitrogens with zero attached hydrogens (tertiary/aromatic N) is 3. The number of benzene rings is 2. The van der Waals surface area contributed by atoms with Crippen molar-refractivity contribution in [3.63, 3.8) is 0 Å². The van der Waals surface area contributed by atoms with E-state index in [-0.39, 0.29) is 30.2 Å². The molecule has 1 aliphatic heterocycles. The average Bonchev–Trinajstić information content (AvgIpc) is 3.29. The first-order chi connectivity index (χ1) is 14.8. The van der Waals surface area contributed by atoms with Gasteiger partial charge in [0.2, 0.25) is 5.89 Å². The Kier molecular flexibility index (Phi) is 5.37. The van der Waals surface area contributed by atoms with Crippen molar-refractivity contribution in [1.82, 2.24) is 20.4 Å². The number of aromatic nitrogens is 2. The number of imide groups is 1. The molecule has 0 bridgehead atoms. The molecule has 31 heavy (non-hydrogen) atoms. The summed E-state index contributed by atoms with van der Waals surface area (Å²) in [5.41, 5.74) is 2.03. The molecule has 1 aliphatic rings. The lowest BCUT2D eigenvalue weighted by Gasteiger charge is -2.19. The van der Waals surface area contributed by atoms with Gasteiger partial charge in [-0.3, -0.25) is 19.3 Å². The maximum atomic E-state index is 12.7. The van der Waals surface area contributed by atoms with Crippen molar-refractivity contribution in [3.8, 4) is 0 Å². The molecule has 0 saturated heterocycles. The van der Waals surface area contributed by atoms with Gasteiger partial charge in [0.05, 0.1) is 17.7 Å². The lowest BCUT2D eigenvalue weighted by Crippen LogP contribution is -2.32. The zero-order valence-corrected chi connectivity index (χ0v) is 17.5. The molecule has 8 nitrogen and oxygen atoms in total. The zero-order chi connectivity index (χ0) is 22.1. The first-order valence-electron chi connectivity index (χ1n) is 10.0. The highest BCUT2D eigenvalue weighted by Gasteiger charge is 2.35. The molecule has 2 heterocycles. The number of rotatable bonds is 6. The van der Waals surface area contributed by atoms with Crippen LogP contribution in [-0.4, -0.2) is 32.8 Å². The van der Waals surface area contributed by atoms with Crippen LogP contribution < -0.4 is 5.32 Å². The third-order valence-corrected chi connectivity index (χ3v) is 5.20. The fraction of sp³-hybridized carbons (Fsp3) is 0.261. The summed E-state index contributed by atoms with van der Waals surface area (Å²) in [6, 6.07) is 13.2. The number of hydrogen-bond donors (Lipinski definition) is 1. The van der Waals surface area contributed by atoms with Crippen LogP contribution >= 0.6 is 0 Å². The molecule has 158 valence electrons. The first kappa shape index (κ1) is 20.5. The summed E-state index contributed by atoms with van der Waals surface area (Å²) in [7, 11) is 0. The highest BCUT2D eigenvalue weighted by Crippen LogP contribution is 2.25. The van der Waals surface area contributed by atoms with Crippen molar-refractivity contribution in [2.45, 2.75) is 33.4 Å². The second-order valence-corrected chi connectivity index (χ2v) is 7.81. The molecule has 0 fully saturated rings. The second kappa shape index (κ2) is 8.14. The summed E-state index contributed by atoms with van der Waals surface area (Å²) < 4.78 is 5.22. The Morgan fingerprint density at radius 3 is 2.16 bits per heavy atom. The minimum Gasteiger partial charge on any atom is -0.340 e. The smallest absolute Gasteiger partial charge is 0.261 e. The largest absolute Gasteiger partial charge is 0.340 e. The van der Waals surface area contributed by atoms with E-state index in [1.54, 1.807) is 55.5 Å². The molecular formula is C23H22N4O4. The van der Waals surface area contributed by atoms with Gasteiger partial charge in [0.25, 0.3) is 17.7 Å². The molecule has 0 aliphatic carbocycles. The predicted octanol–water partition coefficient (Wildman–Crippen LogP) is 3.30. The second-order valence-electron chi connectivity index (χ2n) is 7.81. The Bertz CT molecular complexity index is 1120. The lowest BCUT2D eigenvalue weighted by atomic mass is 10.0. The summed E-state index contributed by atoms with van der Waals surface area (Å²) in [6.45, 7) is 5.77. The molecular weight excluding hydrogens is 396 g/mol. The molecule has 1 N–H and O–H groups in total. The van der Waals surface area contributed by atoms with Crippen molar-refractivity contribution < 1.29 is 18.9 Å². The molecule has 0 radical (unpaired) electrons. The highest BCUT2D eigenvalue weighted by atomic mass is 16.5. The maximum Gasteiger partial charge on any atom is 0.261 e. The number of carbonyl (C=O) groups is 3. The van der Waals surface area contributed by atoms with Gasteiger partial charge < -0.3 is 9.84 Å². The van der Waals surface area contributed by atoms with Crippen LogP contribution in [0, 0.1) is 12.8 Å². The van der Waals surface area contributed by atoms with Crippen molar-refractivity contribution in [3.05, 3.63) is 82.5 Å². The maximum absolute atomic E-state index is 12.7. The van der Waals surface area contributed by atoms with E-state index in [0.29, 0.717) is 28.4 Å². The molecule has 3 amide bonds. The molecule has 1 aromatic heterocycles. The van der Waals surface area contributed by atoms with Crippen LogP contribution in [0.2, 0.25) is 0 Å². The Morgan fingerprint density at radius 2 is 1.65 bits per heavy atom. The standard InChI is InChI=1S/C23H22N4O4/c1-13(2)19(21-24-14(3)26-31-21)25-20(28)16-10-8-15(9-11-16)12-27-22(29)17-6-4-5-7-18(17)23(27)30/h4-11,13,19H,12H2,1-3H3,(H,25,28). The van der Waals surface area contributed by atoms with Crippen molar-refractivity contribution >= 4 is 17.7 Å². The van der Waals surface area contributed by atoms with Crippen molar-refractivity contribution in [2.24, 2.45) is 5.92 Å². The average molecular weight is 418 g/mol. The summed E-state index contributed by atoms with van der Waals surface area (Å²) in [5, 5.41) is 6.72. The topological polar surface area (TPSA) is 105 Å². The summed E-state index contributed by atoms with van der Waals surface area (Å²) >= 11 is 0. The van der Waals surface area contributed by atoms with E-state index in [1.807, 2.05) is 13.8 Å². The SMILES string of the molecule is Cc1noc(C(NC(=O)c2ccc(CN3C(=O)c4ccccc4C3=O)cc2)C(C)C)n1. The molecule has 4 rings (SSSR count). The molecule has 1 atom stereocenters. The van der Waals surface area contributed by atoms with Crippen LogP contribution in [0.25, 0.3) is 0 Å². The van der Waals surface area contributed by atoms with Crippen LogP contribution in [0.4, 0.5) is 0 Å².